The SMILES string of the molecule is CCCCCCCCCCCCCCCCCC(=O)NCNC(=O)c1ccc(O)cc1. The van der Waals surface area contributed by atoms with Crippen LogP contribution in [-0.4, -0.2) is 23.6 Å². The number of benzene rings is 1. The first-order chi connectivity index (χ1) is 15.1. The van der Waals surface area contributed by atoms with Crippen LogP contribution in [0.2, 0.25) is 0 Å². The smallest absolute Gasteiger partial charge is 0.252 e. The van der Waals surface area contributed by atoms with Crippen molar-refractivity contribution in [2.75, 3.05) is 6.67 Å². The van der Waals surface area contributed by atoms with Crippen LogP contribution in [0.5, 0.6) is 5.75 Å². The predicted octanol–water partition coefficient (Wildman–Crippen LogP) is 6.46. The molecule has 0 unspecified atom stereocenters. The molecule has 0 fully saturated rings. The molecule has 0 bridgehead atoms. The lowest BCUT2D eigenvalue weighted by molar-refractivity contribution is -0.121. The molecule has 1 aromatic carbocycles. The molecular formula is C26H44N2O3. The van der Waals surface area contributed by atoms with Crippen molar-refractivity contribution in [2.24, 2.45) is 0 Å². The molecule has 0 aliphatic carbocycles. The minimum absolute atomic E-state index is 0.0271. The first-order valence-corrected chi connectivity index (χ1v) is 12.5. The van der Waals surface area contributed by atoms with Crippen LogP contribution in [0.25, 0.3) is 0 Å². The zero-order valence-electron chi connectivity index (χ0n) is 19.6. The molecule has 0 radical (unpaired) electrons. The molecule has 0 heterocycles. The van der Waals surface area contributed by atoms with Crippen molar-refractivity contribution in [2.45, 2.75) is 110 Å². The van der Waals surface area contributed by atoms with Gasteiger partial charge in [0, 0.05) is 12.0 Å². The van der Waals surface area contributed by atoms with E-state index in [4.69, 9.17) is 0 Å². The molecule has 0 aliphatic heterocycles. The first-order valence-electron chi connectivity index (χ1n) is 12.5. The Kier molecular flexibility index (Phi) is 16.3. The average molecular weight is 433 g/mol. The second-order valence-electron chi connectivity index (χ2n) is 8.53. The topological polar surface area (TPSA) is 78.4 Å². The van der Waals surface area contributed by atoms with Gasteiger partial charge in [-0.15, -0.1) is 0 Å². The van der Waals surface area contributed by atoms with Crippen molar-refractivity contribution in [1.82, 2.24) is 10.6 Å². The van der Waals surface area contributed by atoms with Gasteiger partial charge in [0.1, 0.15) is 5.75 Å². The van der Waals surface area contributed by atoms with Crippen molar-refractivity contribution < 1.29 is 14.7 Å². The second-order valence-corrected chi connectivity index (χ2v) is 8.53. The normalized spacial score (nSPS) is 10.7. The van der Waals surface area contributed by atoms with Gasteiger partial charge in [0.15, 0.2) is 0 Å². The molecule has 0 saturated heterocycles. The van der Waals surface area contributed by atoms with Crippen LogP contribution < -0.4 is 10.6 Å². The number of hydrogen-bond donors (Lipinski definition) is 3. The van der Waals surface area contributed by atoms with E-state index < -0.39 is 0 Å². The van der Waals surface area contributed by atoms with E-state index in [9.17, 15) is 14.7 Å². The highest BCUT2D eigenvalue weighted by atomic mass is 16.3. The van der Waals surface area contributed by atoms with Crippen LogP contribution in [-0.2, 0) is 4.79 Å². The Morgan fingerprint density at radius 2 is 1.13 bits per heavy atom. The molecule has 31 heavy (non-hydrogen) atoms. The van der Waals surface area contributed by atoms with Crippen LogP contribution in [0.3, 0.4) is 0 Å². The minimum atomic E-state index is -0.271. The molecular weight excluding hydrogens is 388 g/mol. The number of phenolic OH excluding ortho intramolecular Hbond substituents is 1. The maximum Gasteiger partial charge on any atom is 0.252 e. The summed E-state index contributed by atoms with van der Waals surface area (Å²) in [6.07, 6.45) is 20.1. The van der Waals surface area contributed by atoms with Crippen LogP contribution in [0.1, 0.15) is 120 Å². The van der Waals surface area contributed by atoms with Gasteiger partial charge in [0.05, 0.1) is 6.67 Å². The third-order valence-corrected chi connectivity index (χ3v) is 5.67. The Balaban J connectivity index is 1.84. The fourth-order valence-electron chi connectivity index (χ4n) is 3.68. The van der Waals surface area contributed by atoms with Crippen molar-refractivity contribution in [3.05, 3.63) is 29.8 Å². The Morgan fingerprint density at radius 1 is 0.677 bits per heavy atom. The molecule has 5 nitrogen and oxygen atoms in total. The first kappa shape index (κ1) is 27.0. The van der Waals surface area contributed by atoms with E-state index in [1.54, 1.807) is 12.1 Å². The molecule has 0 aromatic heterocycles. The molecule has 0 aliphatic rings. The van der Waals surface area contributed by atoms with Gasteiger partial charge in [-0.2, -0.15) is 0 Å². The van der Waals surface area contributed by atoms with E-state index in [-0.39, 0.29) is 24.2 Å². The zero-order valence-corrected chi connectivity index (χ0v) is 19.6. The summed E-state index contributed by atoms with van der Waals surface area (Å²) < 4.78 is 0. The number of rotatable bonds is 19. The average Bonchev–Trinajstić information content (AvgIpc) is 2.76. The number of aromatic hydroxyl groups is 1. The maximum atomic E-state index is 11.9. The number of phenols is 1. The number of amides is 2. The minimum Gasteiger partial charge on any atom is -0.508 e. The summed E-state index contributed by atoms with van der Waals surface area (Å²) in [6, 6.07) is 6.01. The number of carbonyl (C=O) groups is 2. The van der Waals surface area contributed by atoms with E-state index in [1.165, 1.54) is 95.6 Å². The maximum absolute atomic E-state index is 11.9. The number of nitrogens with one attached hydrogen (secondary N) is 2. The molecule has 3 N–H and O–H groups in total. The van der Waals surface area contributed by atoms with E-state index >= 15 is 0 Å². The molecule has 176 valence electrons. The zero-order chi connectivity index (χ0) is 22.6. The molecule has 1 aromatic rings. The third-order valence-electron chi connectivity index (χ3n) is 5.67. The van der Waals surface area contributed by atoms with Crippen molar-refractivity contribution in [3.63, 3.8) is 0 Å². The van der Waals surface area contributed by atoms with E-state index in [0.717, 1.165) is 12.8 Å². The highest BCUT2D eigenvalue weighted by Gasteiger charge is 2.06. The monoisotopic (exact) mass is 432 g/mol. The predicted molar refractivity (Wildman–Crippen MR) is 128 cm³/mol. The Bertz CT molecular complexity index is 587. The van der Waals surface area contributed by atoms with Crippen LogP contribution in [0.4, 0.5) is 0 Å². The van der Waals surface area contributed by atoms with E-state index in [2.05, 4.69) is 17.6 Å². The summed E-state index contributed by atoms with van der Waals surface area (Å²) in [6.45, 7) is 2.39. The Labute approximate surface area is 189 Å². The van der Waals surface area contributed by atoms with Crippen LogP contribution >= 0.6 is 0 Å². The highest BCUT2D eigenvalue weighted by Crippen LogP contribution is 2.13. The number of carbonyl (C=O) groups excluding carboxylic acids is 2. The second kappa shape index (κ2) is 18.7. The lowest BCUT2D eigenvalue weighted by Gasteiger charge is -2.08. The van der Waals surface area contributed by atoms with Gasteiger partial charge in [-0.3, -0.25) is 9.59 Å². The fourth-order valence-corrected chi connectivity index (χ4v) is 3.68. The van der Waals surface area contributed by atoms with Gasteiger partial charge < -0.3 is 15.7 Å². The van der Waals surface area contributed by atoms with Crippen molar-refractivity contribution in [1.29, 1.82) is 0 Å². The molecule has 0 saturated carbocycles. The summed E-state index contributed by atoms with van der Waals surface area (Å²) >= 11 is 0. The highest BCUT2D eigenvalue weighted by molar-refractivity contribution is 5.94. The summed E-state index contributed by atoms with van der Waals surface area (Å²) in [5, 5.41) is 14.6. The standard InChI is InChI=1S/C26H44N2O3/c1-2-3-4-5-6-7-8-9-10-11-12-13-14-15-16-17-25(30)27-22-28-26(31)23-18-20-24(29)21-19-23/h18-21,29H,2-17,22H2,1H3,(H,27,30)(H,28,31). The molecule has 0 atom stereocenters. The van der Waals surface area contributed by atoms with E-state index in [0.29, 0.717) is 12.0 Å². The summed E-state index contributed by atoms with van der Waals surface area (Å²) in [5.74, 6) is -0.179. The summed E-state index contributed by atoms with van der Waals surface area (Å²) in [7, 11) is 0. The number of unbranched alkanes of at least 4 members (excludes halogenated alkanes) is 14. The van der Waals surface area contributed by atoms with E-state index in [1.807, 2.05) is 0 Å². The third kappa shape index (κ3) is 15.4. The lowest BCUT2D eigenvalue weighted by atomic mass is 10.0. The van der Waals surface area contributed by atoms with Crippen molar-refractivity contribution >= 4 is 11.8 Å². The van der Waals surface area contributed by atoms with Crippen molar-refractivity contribution in [3.8, 4) is 5.75 Å². The Morgan fingerprint density at radius 3 is 1.61 bits per heavy atom. The molecule has 5 heteroatoms. The largest absolute Gasteiger partial charge is 0.508 e. The summed E-state index contributed by atoms with van der Waals surface area (Å²) in [4.78, 5) is 23.7. The van der Waals surface area contributed by atoms with Gasteiger partial charge >= 0.3 is 0 Å². The molecule has 0 spiro atoms. The molecule has 2 amide bonds. The fraction of sp³-hybridized carbons (Fsp3) is 0.692. The van der Waals surface area contributed by atoms with Gasteiger partial charge in [-0.25, -0.2) is 0 Å². The quantitative estimate of drug-likeness (QED) is 0.173. The van der Waals surface area contributed by atoms with Gasteiger partial charge in [0.25, 0.3) is 5.91 Å². The van der Waals surface area contributed by atoms with Crippen LogP contribution in [0.15, 0.2) is 24.3 Å². The van der Waals surface area contributed by atoms with Crippen LogP contribution in [0, 0.1) is 0 Å². The lowest BCUT2D eigenvalue weighted by Crippen LogP contribution is -2.37. The molecule has 1 rings (SSSR count). The summed E-state index contributed by atoms with van der Waals surface area (Å²) in [5.41, 5.74) is 0.453. The van der Waals surface area contributed by atoms with Gasteiger partial charge in [0.2, 0.25) is 5.91 Å². The number of hydrogen-bond acceptors (Lipinski definition) is 3. The van der Waals surface area contributed by atoms with Gasteiger partial charge in [-0.1, -0.05) is 96.8 Å². The van der Waals surface area contributed by atoms with Gasteiger partial charge in [-0.05, 0) is 30.7 Å². The Hall–Kier alpha value is -2.04.